The molecule has 0 unspecified atom stereocenters. The summed E-state index contributed by atoms with van der Waals surface area (Å²) in [6.45, 7) is 2.09. The van der Waals surface area contributed by atoms with Crippen LogP contribution in [-0.2, 0) is 0 Å². The number of likely N-dealkylation sites (tertiary alicyclic amines) is 1. The standard InChI is InChI=1S/C14H21FN4/c1-18-7-5-11(6-8-18)19(2)13-4-3-10(14(16)17)9-12(13)15/h3-4,9,11H,5-8H2,1-2H3,(H3,16,17). The third kappa shape index (κ3) is 3.04. The minimum Gasteiger partial charge on any atom is -0.384 e. The van der Waals surface area contributed by atoms with Crippen LogP contribution in [-0.4, -0.2) is 44.0 Å². The Hall–Kier alpha value is -1.62. The number of piperidine rings is 1. The van der Waals surface area contributed by atoms with Gasteiger partial charge in [0.1, 0.15) is 11.7 Å². The molecule has 5 heteroatoms. The molecule has 0 radical (unpaired) electrons. The Labute approximate surface area is 113 Å². The van der Waals surface area contributed by atoms with Crippen LogP contribution in [0.25, 0.3) is 0 Å². The van der Waals surface area contributed by atoms with Crippen LogP contribution in [0, 0.1) is 11.2 Å². The first-order valence-corrected chi connectivity index (χ1v) is 6.54. The smallest absolute Gasteiger partial charge is 0.147 e. The molecule has 1 aromatic carbocycles. The van der Waals surface area contributed by atoms with Crippen molar-refractivity contribution >= 4 is 11.5 Å². The highest BCUT2D eigenvalue weighted by Crippen LogP contribution is 2.25. The second kappa shape index (κ2) is 5.57. The van der Waals surface area contributed by atoms with E-state index in [1.807, 2.05) is 11.9 Å². The van der Waals surface area contributed by atoms with Crippen molar-refractivity contribution in [2.45, 2.75) is 18.9 Å². The number of anilines is 1. The summed E-state index contributed by atoms with van der Waals surface area (Å²) < 4.78 is 14.1. The SMILES string of the molecule is CN1CCC(N(C)c2ccc(C(=N)N)cc2F)CC1. The van der Waals surface area contributed by atoms with Crippen molar-refractivity contribution < 1.29 is 4.39 Å². The average Bonchev–Trinajstić information content (AvgIpc) is 2.38. The van der Waals surface area contributed by atoms with Crippen molar-refractivity contribution in [1.29, 1.82) is 5.41 Å². The molecule has 0 aromatic heterocycles. The number of hydrogen-bond acceptors (Lipinski definition) is 3. The first kappa shape index (κ1) is 13.8. The van der Waals surface area contributed by atoms with E-state index in [0.29, 0.717) is 17.3 Å². The zero-order valence-corrected chi connectivity index (χ0v) is 11.5. The van der Waals surface area contributed by atoms with E-state index < -0.39 is 0 Å². The molecule has 1 heterocycles. The van der Waals surface area contributed by atoms with Crippen molar-refractivity contribution in [3.8, 4) is 0 Å². The van der Waals surface area contributed by atoms with E-state index in [9.17, 15) is 4.39 Å². The van der Waals surface area contributed by atoms with Crippen LogP contribution < -0.4 is 10.6 Å². The average molecular weight is 264 g/mol. The Morgan fingerprint density at radius 3 is 2.58 bits per heavy atom. The number of halogens is 1. The lowest BCUT2D eigenvalue weighted by Crippen LogP contribution is -2.42. The molecule has 4 nitrogen and oxygen atoms in total. The Kier molecular flexibility index (Phi) is 4.04. The summed E-state index contributed by atoms with van der Waals surface area (Å²) >= 11 is 0. The van der Waals surface area contributed by atoms with Gasteiger partial charge in [-0.15, -0.1) is 0 Å². The molecule has 0 amide bonds. The predicted molar refractivity (Wildman–Crippen MR) is 76.3 cm³/mol. The van der Waals surface area contributed by atoms with Gasteiger partial charge in [-0.1, -0.05) is 0 Å². The number of nitrogens with two attached hydrogens (primary N) is 1. The normalized spacial score (nSPS) is 17.4. The molecule has 1 aliphatic heterocycles. The van der Waals surface area contributed by atoms with Gasteiger partial charge in [-0.3, -0.25) is 5.41 Å². The zero-order chi connectivity index (χ0) is 14.0. The van der Waals surface area contributed by atoms with Crippen LogP contribution in [0.5, 0.6) is 0 Å². The lowest BCUT2D eigenvalue weighted by Gasteiger charge is -2.36. The van der Waals surface area contributed by atoms with Gasteiger partial charge in [0.25, 0.3) is 0 Å². The molecular formula is C14H21FN4. The lowest BCUT2D eigenvalue weighted by atomic mass is 10.0. The monoisotopic (exact) mass is 264 g/mol. The summed E-state index contributed by atoms with van der Waals surface area (Å²) in [5.74, 6) is -0.415. The Morgan fingerprint density at radius 2 is 2.05 bits per heavy atom. The Bertz CT molecular complexity index is 467. The van der Waals surface area contributed by atoms with Crippen molar-refractivity contribution in [1.82, 2.24) is 4.90 Å². The van der Waals surface area contributed by atoms with Crippen LogP contribution in [0.15, 0.2) is 18.2 Å². The second-order valence-electron chi connectivity index (χ2n) is 5.23. The molecule has 0 aliphatic carbocycles. The first-order valence-electron chi connectivity index (χ1n) is 6.54. The molecule has 1 aromatic rings. The van der Waals surface area contributed by atoms with E-state index in [4.69, 9.17) is 11.1 Å². The summed E-state index contributed by atoms with van der Waals surface area (Å²) in [6.07, 6.45) is 2.09. The number of benzene rings is 1. The molecule has 1 aliphatic rings. The molecule has 0 spiro atoms. The minimum atomic E-state index is -0.311. The van der Waals surface area contributed by atoms with Crippen molar-refractivity contribution in [3.63, 3.8) is 0 Å². The maximum atomic E-state index is 14.1. The summed E-state index contributed by atoms with van der Waals surface area (Å²) in [6, 6.07) is 5.12. The van der Waals surface area contributed by atoms with Crippen molar-refractivity contribution in [2.75, 3.05) is 32.1 Å². The van der Waals surface area contributed by atoms with Crippen molar-refractivity contribution in [2.24, 2.45) is 5.73 Å². The maximum Gasteiger partial charge on any atom is 0.147 e. The Morgan fingerprint density at radius 1 is 1.42 bits per heavy atom. The van der Waals surface area contributed by atoms with E-state index in [0.717, 1.165) is 25.9 Å². The lowest BCUT2D eigenvalue weighted by molar-refractivity contribution is 0.252. The summed E-state index contributed by atoms with van der Waals surface area (Å²) in [5, 5.41) is 7.32. The number of nitrogens with one attached hydrogen (secondary N) is 1. The first-order chi connectivity index (χ1) is 8.99. The van der Waals surface area contributed by atoms with E-state index in [1.54, 1.807) is 12.1 Å². The highest BCUT2D eigenvalue weighted by molar-refractivity contribution is 5.95. The Balaban J connectivity index is 2.15. The van der Waals surface area contributed by atoms with Gasteiger partial charge in [-0.05, 0) is 51.2 Å². The van der Waals surface area contributed by atoms with Gasteiger partial charge >= 0.3 is 0 Å². The van der Waals surface area contributed by atoms with E-state index in [-0.39, 0.29) is 11.7 Å². The fourth-order valence-electron chi connectivity index (χ4n) is 2.54. The number of amidine groups is 1. The number of nitrogens with zero attached hydrogens (tertiary/aromatic N) is 2. The van der Waals surface area contributed by atoms with Crippen LogP contribution >= 0.6 is 0 Å². The molecule has 1 fully saturated rings. The largest absolute Gasteiger partial charge is 0.384 e. The third-order valence-electron chi connectivity index (χ3n) is 3.87. The van der Waals surface area contributed by atoms with Gasteiger partial charge in [-0.2, -0.15) is 0 Å². The molecule has 0 saturated carbocycles. The highest BCUT2D eigenvalue weighted by atomic mass is 19.1. The molecule has 19 heavy (non-hydrogen) atoms. The van der Waals surface area contributed by atoms with Gasteiger partial charge in [0.05, 0.1) is 5.69 Å². The van der Waals surface area contributed by atoms with Gasteiger partial charge in [-0.25, -0.2) is 4.39 Å². The predicted octanol–water partition coefficient (Wildman–Crippen LogP) is 1.64. The molecule has 2 rings (SSSR count). The van der Waals surface area contributed by atoms with Gasteiger partial charge in [0, 0.05) is 18.7 Å². The van der Waals surface area contributed by atoms with Crippen LogP contribution in [0.3, 0.4) is 0 Å². The van der Waals surface area contributed by atoms with Crippen LogP contribution in [0.4, 0.5) is 10.1 Å². The van der Waals surface area contributed by atoms with E-state index >= 15 is 0 Å². The second-order valence-corrected chi connectivity index (χ2v) is 5.23. The number of hydrogen-bond donors (Lipinski definition) is 2. The van der Waals surface area contributed by atoms with E-state index in [2.05, 4.69) is 11.9 Å². The quantitative estimate of drug-likeness (QED) is 0.644. The summed E-state index contributed by atoms with van der Waals surface area (Å²) in [7, 11) is 4.04. The molecule has 104 valence electrons. The van der Waals surface area contributed by atoms with Gasteiger partial charge in [0.15, 0.2) is 0 Å². The summed E-state index contributed by atoms with van der Waals surface area (Å²) in [5.41, 5.74) is 6.38. The fraction of sp³-hybridized carbons (Fsp3) is 0.500. The molecule has 0 atom stereocenters. The van der Waals surface area contributed by atoms with Gasteiger partial charge < -0.3 is 15.5 Å². The van der Waals surface area contributed by atoms with E-state index in [1.165, 1.54) is 6.07 Å². The minimum absolute atomic E-state index is 0.104. The zero-order valence-electron chi connectivity index (χ0n) is 11.5. The number of nitrogen functional groups attached to an aromatic ring is 1. The molecule has 3 N–H and O–H groups in total. The third-order valence-corrected chi connectivity index (χ3v) is 3.87. The fourth-order valence-corrected chi connectivity index (χ4v) is 2.54. The van der Waals surface area contributed by atoms with Gasteiger partial charge in [0.2, 0.25) is 0 Å². The van der Waals surface area contributed by atoms with Crippen molar-refractivity contribution in [3.05, 3.63) is 29.6 Å². The maximum absolute atomic E-state index is 14.1. The number of rotatable bonds is 3. The molecular weight excluding hydrogens is 243 g/mol. The summed E-state index contributed by atoms with van der Waals surface area (Å²) in [4.78, 5) is 4.30. The molecule has 1 saturated heterocycles. The molecule has 0 bridgehead atoms. The van der Waals surface area contributed by atoms with Crippen LogP contribution in [0.2, 0.25) is 0 Å². The highest BCUT2D eigenvalue weighted by Gasteiger charge is 2.22. The van der Waals surface area contributed by atoms with Crippen LogP contribution in [0.1, 0.15) is 18.4 Å². The topological polar surface area (TPSA) is 56.4 Å².